The Kier molecular flexibility index (Phi) is 3.19. The average Bonchev–Trinajstić information content (AvgIpc) is 2.86. The van der Waals surface area contributed by atoms with Gasteiger partial charge in [-0.25, -0.2) is 0 Å². The van der Waals surface area contributed by atoms with Crippen molar-refractivity contribution in [1.82, 2.24) is 0 Å². The third-order valence-electron chi connectivity index (χ3n) is 2.82. The van der Waals surface area contributed by atoms with Crippen LogP contribution < -0.4 is 19.9 Å². The molecule has 1 aliphatic heterocycles. The fraction of sp³-hybridized carbons (Fsp3) is 0.143. The average molecular weight is 278 g/mol. The molecule has 0 fully saturated rings. The Morgan fingerprint density at radius 2 is 1.79 bits per heavy atom. The Hall–Kier alpha value is -1.91. The van der Waals surface area contributed by atoms with E-state index in [1.165, 1.54) is 0 Å². The van der Waals surface area contributed by atoms with Gasteiger partial charge >= 0.3 is 0 Å². The largest absolute Gasteiger partial charge is 0.457 e. The van der Waals surface area contributed by atoms with E-state index in [0.29, 0.717) is 28.8 Å². The lowest BCUT2D eigenvalue weighted by atomic mass is 10.2. The summed E-state index contributed by atoms with van der Waals surface area (Å²) in [6.07, 6.45) is 0. The van der Waals surface area contributed by atoms with E-state index < -0.39 is 0 Å². The van der Waals surface area contributed by atoms with Gasteiger partial charge in [0.2, 0.25) is 6.79 Å². The minimum atomic E-state index is 0.246. The highest BCUT2D eigenvalue weighted by Gasteiger charge is 2.14. The van der Waals surface area contributed by atoms with Crippen molar-refractivity contribution in [3.63, 3.8) is 0 Å². The second-order valence-corrected chi connectivity index (χ2v) is 4.48. The third kappa shape index (κ3) is 2.45. The highest BCUT2D eigenvalue weighted by atomic mass is 35.5. The van der Waals surface area contributed by atoms with Crippen LogP contribution in [-0.2, 0) is 6.54 Å². The molecular weight excluding hydrogens is 266 g/mol. The molecule has 3 rings (SSSR count). The number of hydrogen-bond donors (Lipinski definition) is 1. The van der Waals surface area contributed by atoms with E-state index in [1.54, 1.807) is 12.1 Å². The van der Waals surface area contributed by atoms with Crippen molar-refractivity contribution in [3.8, 4) is 23.0 Å². The number of nitrogens with two attached hydrogens (primary N) is 1. The van der Waals surface area contributed by atoms with Gasteiger partial charge in [-0.3, -0.25) is 0 Å². The zero-order valence-electron chi connectivity index (χ0n) is 10.1. The molecule has 2 N–H and O–H groups in total. The SMILES string of the molecule is NCc1ccc(Oc2ccc3c(c2)OCO3)cc1Cl. The predicted molar refractivity (Wildman–Crippen MR) is 72.0 cm³/mol. The quantitative estimate of drug-likeness (QED) is 0.935. The molecule has 0 aromatic heterocycles. The van der Waals surface area contributed by atoms with Crippen LogP contribution in [0.1, 0.15) is 5.56 Å². The first-order valence-corrected chi connectivity index (χ1v) is 6.20. The molecule has 2 aromatic rings. The number of rotatable bonds is 3. The summed E-state index contributed by atoms with van der Waals surface area (Å²) in [5.41, 5.74) is 6.45. The fourth-order valence-electron chi connectivity index (χ4n) is 1.83. The summed E-state index contributed by atoms with van der Waals surface area (Å²) in [4.78, 5) is 0. The molecule has 0 saturated carbocycles. The maximum atomic E-state index is 6.08. The molecule has 0 spiro atoms. The lowest BCUT2D eigenvalue weighted by molar-refractivity contribution is 0.174. The van der Waals surface area contributed by atoms with Crippen molar-refractivity contribution in [1.29, 1.82) is 0 Å². The van der Waals surface area contributed by atoms with Crippen LogP contribution in [0.5, 0.6) is 23.0 Å². The molecule has 0 amide bonds. The van der Waals surface area contributed by atoms with Gasteiger partial charge in [0.15, 0.2) is 11.5 Å². The molecule has 4 nitrogen and oxygen atoms in total. The fourth-order valence-corrected chi connectivity index (χ4v) is 2.08. The van der Waals surface area contributed by atoms with Crippen LogP contribution in [0.4, 0.5) is 0 Å². The van der Waals surface area contributed by atoms with E-state index in [4.69, 9.17) is 31.5 Å². The molecular formula is C14H12ClNO3. The summed E-state index contributed by atoms with van der Waals surface area (Å²) in [5, 5.41) is 0.598. The zero-order chi connectivity index (χ0) is 13.2. The minimum Gasteiger partial charge on any atom is -0.457 e. The van der Waals surface area contributed by atoms with E-state index >= 15 is 0 Å². The van der Waals surface area contributed by atoms with Gasteiger partial charge in [-0.05, 0) is 29.8 Å². The summed E-state index contributed by atoms with van der Waals surface area (Å²) < 4.78 is 16.3. The topological polar surface area (TPSA) is 53.7 Å². The van der Waals surface area contributed by atoms with Gasteiger partial charge in [-0.15, -0.1) is 0 Å². The van der Waals surface area contributed by atoms with Gasteiger partial charge in [0, 0.05) is 17.6 Å². The van der Waals surface area contributed by atoms with Gasteiger partial charge in [0.05, 0.1) is 0 Å². The molecule has 0 unspecified atom stereocenters. The highest BCUT2D eigenvalue weighted by molar-refractivity contribution is 6.31. The summed E-state index contributed by atoms with van der Waals surface area (Å²) >= 11 is 6.08. The van der Waals surface area contributed by atoms with Crippen molar-refractivity contribution < 1.29 is 14.2 Å². The van der Waals surface area contributed by atoms with E-state index in [0.717, 1.165) is 11.3 Å². The predicted octanol–water partition coefficient (Wildman–Crippen LogP) is 3.32. The number of halogens is 1. The monoisotopic (exact) mass is 277 g/mol. The second-order valence-electron chi connectivity index (χ2n) is 4.07. The molecule has 0 bridgehead atoms. The molecule has 0 aliphatic carbocycles. The third-order valence-corrected chi connectivity index (χ3v) is 3.18. The Morgan fingerprint density at radius 3 is 2.58 bits per heavy atom. The van der Waals surface area contributed by atoms with Crippen LogP contribution in [0.25, 0.3) is 0 Å². The molecule has 1 heterocycles. The lowest BCUT2D eigenvalue weighted by Crippen LogP contribution is -1.97. The highest BCUT2D eigenvalue weighted by Crippen LogP contribution is 2.37. The normalized spacial score (nSPS) is 12.5. The van der Waals surface area contributed by atoms with Crippen LogP contribution in [0.3, 0.4) is 0 Å². The van der Waals surface area contributed by atoms with E-state index in [2.05, 4.69) is 0 Å². The van der Waals surface area contributed by atoms with E-state index in [9.17, 15) is 0 Å². The van der Waals surface area contributed by atoms with Crippen LogP contribution in [0.2, 0.25) is 5.02 Å². The van der Waals surface area contributed by atoms with Crippen molar-refractivity contribution in [2.24, 2.45) is 5.73 Å². The maximum Gasteiger partial charge on any atom is 0.231 e. The molecule has 1 aliphatic rings. The maximum absolute atomic E-state index is 6.08. The van der Waals surface area contributed by atoms with Crippen LogP contribution >= 0.6 is 11.6 Å². The van der Waals surface area contributed by atoms with Gasteiger partial charge in [-0.1, -0.05) is 17.7 Å². The number of benzene rings is 2. The summed E-state index contributed by atoms with van der Waals surface area (Å²) in [5.74, 6) is 2.73. The van der Waals surface area contributed by atoms with Crippen LogP contribution in [0, 0.1) is 0 Å². The van der Waals surface area contributed by atoms with Gasteiger partial charge in [0.25, 0.3) is 0 Å². The molecule has 0 saturated heterocycles. The number of hydrogen-bond acceptors (Lipinski definition) is 4. The zero-order valence-corrected chi connectivity index (χ0v) is 10.8. The molecule has 0 atom stereocenters. The Bertz CT molecular complexity index is 616. The summed E-state index contributed by atoms with van der Waals surface area (Å²) in [6.45, 7) is 0.652. The Morgan fingerprint density at radius 1 is 1.05 bits per heavy atom. The molecule has 19 heavy (non-hydrogen) atoms. The van der Waals surface area contributed by atoms with Crippen molar-refractivity contribution in [2.75, 3.05) is 6.79 Å². The van der Waals surface area contributed by atoms with Gasteiger partial charge < -0.3 is 19.9 Å². The molecule has 2 aromatic carbocycles. The summed E-state index contributed by atoms with van der Waals surface area (Å²) in [6, 6.07) is 10.8. The lowest BCUT2D eigenvalue weighted by Gasteiger charge is -2.08. The smallest absolute Gasteiger partial charge is 0.231 e. The van der Waals surface area contributed by atoms with Crippen molar-refractivity contribution in [2.45, 2.75) is 6.54 Å². The Balaban J connectivity index is 1.83. The first-order chi connectivity index (χ1) is 9.26. The number of ether oxygens (including phenoxy) is 3. The molecule has 5 heteroatoms. The van der Waals surface area contributed by atoms with Gasteiger partial charge in [-0.2, -0.15) is 0 Å². The van der Waals surface area contributed by atoms with E-state index in [-0.39, 0.29) is 6.79 Å². The van der Waals surface area contributed by atoms with Crippen molar-refractivity contribution >= 4 is 11.6 Å². The second kappa shape index (κ2) is 4.99. The van der Waals surface area contributed by atoms with E-state index in [1.807, 2.05) is 24.3 Å². The molecule has 0 radical (unpaired) electrons. The summed E-state index contributed by atoms with van der Waals surface area (Å²) in [7, 11) is 0. The standard InChI is InChI=1S/C14H12ClNO3/c15-12-5-10(2-1-9(12)7-16)19-11-3-4-13-14(6-11)18-8-17-13/h1-6H,7-8,16H2. The Labute approximate surface area is 115 Å². The first kappa shape index (κ1) is 12.1. The van der Waals surface area contributed by atoms with Gasteiger partial charge in [0.1, 0.15) is 11.5 Å². The number of fused-ring (bicyclic) bond motifs is 1. The first-order valence-electron chi connectivity index (χ1n) is 5.82. The van der Waals surface area contributed by atoms with Crippen molar-refractivity contribution in [3.05, 3.63) is 47.0 Å². The van der Waals surface area contributed by atoms with Crippen LogP contribution in [-0.4, -0.2) is 6.79 Å². The minimum absolute atomic E-state index is 0.246. The van der Waals surface area contributed by atoms with Crippen LogP contribution in [0.15, 0.2) is 36.4 Å². The molecule has 98 valence electrons.